The van der Waals surface area contributed by atoms with Gasteiger partial charge in [-0.15, -0.1) is 0 Å². The molecule has 0 bridgehead atoms. The first kappa shape index (κ1) is 13.9. The van der Waals surface area contributed by atoms with E-state index in [1.165, 1.54) is 0 Å². The molecule has 3 rings (SSSR count). The average molecular weight is 352 g/mol. The van der Waals surface area contributed by atoms with E-state index in [9.17, 15) is 18.4 Å². The Balaban J connectivity index is 1.96. The van der Waals surface area contributed by atoms with E-state index in [1.807, 2.05) is 6.07 Å². The second-order valence-electron chi connectivity index (χ2n) is 4.64. The number of imide groups is 1. The third kappa shape index (κ3) is 2.35. The Bertz CT molecular complexity index is 735. The van der Waals surface area contributed by atoms with Crippen molar-refractivity contribution in [3.63, 3.8) is 0 Å². The number of nitrogens with zero attached hydrogens (tertiary/aromatic N) is 1. The lowest BCUT2D eigenvalue weighted by Gasteiger charge is -2.13. The SMILES string of the molecule is O=C1c2cc(F)c(F)cc2C(=O)N1Cc1cccc(Br)c1. The molecule has 0 radical (unpaired) electrons. The molecule has 0 unspecified atom stereocenters. The van der Waals surface area contributed by atoms with Crippen molar-refractivity contribution in [1.29, 1.82) is 0 Å². The smallest absolute Gasteiger partial charge is 0.261 e. The number of benzene rings is 2. The maximum absolute atomic E-state index is 13.2. The number of carbonyl (C=O) groups excluding carboxylic acids is 2. The molecule has 2 aromatic rings. The van der Waals surface area contributed by atoms with Crippen LogP contribution in [0.25, 0.3) is 0 Å². The second kappa shape index (κ2) is 5.04. The largest absolute Gasteiger partial charge is 0.270 e. The van der Waals surface area contributed by atoms with Gasteiger partial charge in [0.05, 0.1) is 17.7 Å². The molecular formula is C15H8BrF2NO2. The van der Waals surface area contributed by atoms with Crippen LogP contribution < -0.4 is 0 Å². The zero-order valence-electron chi connectivity index (χ0n) is 10.6. The molecule has 3 nitrogen and oxygen atoms in total. The summed E-state index contributed by atoms with van der Waals surface area (Å²) in [6.45, 7) is 0.0506. The van der Waals surface area contributed by atoms with E-state index in [-0.39, 0.29) is 17.7 Å². The molecule has 0 saturated carbocycles. The fourth-order valence-corrected chi connectivity index (χ4v) is 2.69. The van der Waals surface area contributed by atoms with Gasteiger partial charge in [0, 0.05) is 4.47 Å². The molecule has 0 aliphatic carbocycles. The van der Waals surface area contributed by atoms with E-state index >= 15 is 0 Å². The molecule has 2 amide bonds. The summed E-state index contributed by atoms with van der Waals surface area (Å²) in [7, 11) is 0. The Hall–Kier alpha value is -2.08. The Morgan fingerprint density at radius 1 is 0.952 bits per heavy atom. The monoisotopic (exact) mass is 351 g/mol. The maximum Gasteiger partial charge on any atom is 0.261 e. The minimum atomic E-state index is -1.14. The van der Waals surface area contributed by atoms with E-state index in [2.05, 4.69) is 15.9 Å². The fourth-order valence-electron chi connectivity index (χ4n) is 2.25. The van der Waals surface area contributed by atoms with E-state index in [0.717, 1.165) is 27.1 Å². The van der Waals surface area contributed by atoms with Crippen LogP contribution in [0.5, 0.6) is 0 Å². The summed E-state index contributed by atoms with van der Waals surface area (Å²) in [5, 5.41) is 0. The van der Waals surface area contributed by atoms with Gasteiger partial charge in [-0.2, -0.15) is 0 Å². The Kier molecular flexibility index (Phi) is 3.33. The van der Waals surface area contributed by atoms with Crippen molar-refractivity contribution in [2.45, 2.75) is 6.54 Å². The Labute approximate surface area is 127 Å². The lowest BCUT2D eigenvalue weighted by molar-refractivity contribution is 0.0642. The third-order valence-corrected chi connectivity index (χ3v) is 3.73. The molecule has 0 spiro atoms. The predicted molar refractivity (Wildman–Crippen MR) is 74.7 cm³/mol. The van der Waals surface area contributed by atoms with Crippen LogP contribution in [0, 0.1) is 11.6 Å². The summed E-state index contributed by atoms with van der Waals surface area (Å²) in [5.74, 6) is -3.51. The van der Waals surface area contributed by atoms with Crippen LogP contribution in [0.4, 0.5) is 8.78 Å². The molecule has 0 fully saturated rings. The van der Waals surface area contributed by atoms with Crippen LogP contribution in [0.15, 0.2) is 40.9 Å². The molecule has 0 atom stereocenters. The van der Waals surface area contributed by atoms with Gasteiger partial charge in [-0.05, 0) is 29.8 Å². The lowest BCUT2D eigenvalue weighted by Crippen LogP contribution is -2.29. The molecule has 1 heterocycles. The van der Waals surface area contributed by atoms with Crippen molar-refractivity contribution in [2.24, 2.45) is 0 Å². The molecule has 0 aromatic heterocycles. The normalized spacial score (nSPS) is 13.8. The van der Waals surface area contributed by atoms with Gasteiger partial charge in [0.25, 0.3) is 11.8 Å². The number of hydrogen-bond acceptors (Lipinski definition) is 2. The average Bonchev–Trinajstić information content (AvgIpc) is 2.65. The summed E-state index contributed by atoms with van der Waals surface area (Å²) in [5.41, 5.74) is 0.530. The highest BCUT2D eigenvalue weighted by atomic mass is 79.9. The summed E-state index contributed by atoms with van der Waals surface area (Å²) in [4.78, 5) is 25.3. The van der Waals surface area contributed by atoms with Crippen molar-refractivity contribution < 1.29 is 18.4 Å². The van der Waals surface area contributed by atoms with Crippen LogP contribution in [0.3, 0.4) is 0 Å². The first-order valence-electron chi connectivity index (χ1n) is 6.07. The minimum Gasteiger partial charge on any atom is -0.270 e. The molecule has 21 heavy (non-hydrogen) atoms. The van der Waals surface area contributed by atoms with Gasteiger partial charge in [0.15, 0.2) is 11.6 Å². The van der Waals surface area contributed by atoms with Gasteiger partial charge in [-0.3, -0.25) is 14.5 Å². The molecule has 1 aliphatic rings. The number of halogens is 3. The zero-order valence-corrected chi connectivity index (χ0v) is 12.2. The minimum absolute atomic E-state index is 0.0506. The molecule has 2 aromatic carbocycles. The Morgan fingerprint density at radius 3 is 2.05 bits per heavy atom. The zero-order chi connectivity index (χ0) is 15.1. The summed E-state index contributed by atoms with van der Waals surface area (Å²) < 4.78 is 27.2. The van der Waals surface area contributed by atoms with E-state index < -0.39 is 23.4 Å². The van der Waals surface area contributed by atoms with E-state index in [1.54, 1.807) is 18.2 Å². The molecule has 6 heteroatoms. The maximum atomic E-state index is 13.2. The lowest BCUT2D eigenvalue weighted by atomic mass is 10.1. The molecule has 106 valence electrons. The topological polar surface area (TPSA) is 37.4 Å². The fraction of sp³-hybridized carbons (Fsp3) is 0.0667. The van der Waals surface area contributed by atoms with Crippen molar-refractivity contribution >= 4 is 27.7 Å². The highest BCUT2D eigenvalue weighted by molar-refractivity contribution is 9.10. The van der Waals surface area contributed by atoms with Crippen molar-refractivity contribution in [1.82, 2.24) is 4.90 Å². The quantitative estimate of drug-likeness (QED) is 0.776. The molecule has 1 aliphatic heterocycles. The van der Waals surface area contributed by atoms with E-state index in [0.29, 0.717) is 0 Å². The first-order valence-corrected chi connectivity index (χ1v) is 6.86. The van der Waals surface area contributed by atoms with E-state index in [4.69, 9.17) is 0 Å². The van der Waals surface area contributed by atoms with Crippen LogP contribution in [-0.2, 0) is 6.54 Å². The first-order chi connectivity index (χ1) is 9.97. The summed E-state index contributed by atoms with van der Waals surface area (Å²) >= 11 is 3.30. The number of fused-ring (bicyclic) bond motifs is 1. The van der Waals surface area contributed by atoms with Crippen LogP contribution in [0.1, 0.15) is 26.3 Å². The number of amides is 2. The van der Waals surface area contributed by atoms with Crippen molar-refractivity contribution in [2.75, 3.05) is 0 Å². The van der Waals surface area contributed by atoms with Crippen molar-refractivity contribution in [3.8, 4) is 0 Å². The molecule has 0 N–H and O–H groups in total. The van der Waals surface area contributed by atoms with Gasteiger partial charge in [-0.1, -0.05) is 28.1 Å². The highest BCUT2D eigenvalue weighted by Crippen LogP contribution is 2.27. The van der Waals surface area contributed by atoms with Gasteiger partial charge in [-0.25, -0.2) is 8.78 Å². The van der Waals surface area contributed by atoms with Crippen LogP contribution in [-0.4, -0.2) is 16.7 Å². The molecular weight excluding hydrogens is 344 g/mol. The molecule has 0 saturated heterocycles. The standard InChI is InChI=1S/C15H8BrF2NO2/c16-9-3-1-2-8(4-9)7-19-14(20)10-5-12(17)13(18)6-11(10)15(19)21/h1-6H,7H2. The van der Waals surface area contributed by atoms with Crippen molar-refractivity contribution in [3.05, 3.63) is 69.2 Å². The number of hydrogen-bond donors (Lipinski definition) is 0. The number of rotatable bonds is 2. The van der Waals surface area contributed by atoms with Crippen LogP contribution in [0.2, 0.25) is 0 Å². The highest BCUT2D eigenvalue weighted by Gasteiger charge is 2.36. The summed E-state index contributed by atoms with van der Waals surface area (Å²) in [6.07, 6.45) is 0. The van der Waals surface area contributed by atoms with Gasteiger partial charge < -0.3 is 0 Å². The Morgan fingerprint density at radius 2 is 1.52 bits per heavy atom. The second-order valence-corrected chi connectivity index (χ2v) is 5.55. The van der Waals surface area contributed by atoms with Crippen LogP contribution >= 0.6 is 15.9 Å². The summed E-state index contributed by atoms with van der Waals surface area (Å²) in [6, 6.07) is 8.66. The van der Waals surface area contributed by atoms with Gasteiger partial charge in [0.1, 0.15) is 0 Å². The number of carbonyl (C=O) groups is 2. The van der Waals surface area contributed by atoms with Gasteiger partial charge >= 0.3 is 0 Å². The predicted octanol–water partition coefficient (Wildman–Crippen LogP) is 3.52. The third-order valence-electron chi connectivity index (χ3n) is 3.24. The van der Waals surface area contributed by atoms with Gasteiger partial charge in [0.2, 0.25) is 0 Å².